The zero-order chi connectivity index (χ0) is 16.2. The molecule has 0 spiro atoms. The second kappa shape index (κ2) is 6.61. The number of aliphatic imine (C=N–C) groups is 1. The maximum atomic E-state index is 5.95. The molecule has 0 fully saturated rings. The molecule has 0 atom stereocenters. The van der Waals surface area contributed by atoms with Gasteiger partial charge in [-0.2, -0.15) is 0 Å². The van der Waals surface area contributed by atoms with Crippen molar-refractivity contribution in [2.24, 2.45) is 4.99 Å². The molecule has 2 heterocycles. The number of fused-ring (bicyclic) bond motifs is 1. The van der Waals surface area contributed by atoms with Gasteiger partial charge in [-0.05, 0) is 37.7 Å². The third-order valence-electron chi connectivity index (χ3n) is 3.04. The van der Waals surface area contributed by atoms with E-state index in [9.17, 15) is 0 Å². The Hall–Kier alpha value is -2.67. The third kappa shape index (κ3) is 3.75. The van der Waals surface area contributed by atoms with Crippen molar-refractivity contribution < 1.29 is 5.85 Å². The van der Waals surface area contributed by atoms with Gasteiger partial charge in [0.1, 0.15) is 17.0 Å². The Morgan fingerprint density at radius 1 is 1.17 bits per heavy atom. The maximum Gasteiger partial charge on any atom is 1.00 e. The highest BCUT2D eigenvalue weighted by molar-refractivity contribution is 6.49. The Morgan fingerprint density at radius 2 is 2.00 bits per heavy atom. The maximum absolute atomic E-state index is 5.95. The van der Waals surface area contributed by atoms with Gasteiger partial charge in [-0.15, -0.1) is 0 Å². The van der Waals surface area contributed by atoms with Crippen LogP contribution in [0, 0.1) is 6.92 Å². The first-order chi connectivity index (χ1) is 11.1. The highest BCUT2D eigenvalue weighted by atomic mass is 28.3. The van der Waals surface area contributed by atoms with Crippen LogP contribution in [0.5, 0.6) is 5.75 Å². The summed E-state index contributed by atoms with van der Waals surface area (Å²) < 4.78 is 5.95. The van der Waals surface area contributed by atoms with E-state index in [1.807, 2.05) is 25.1 Å². The van der Waals surface area contributed by atoms with Crippen LogP contribution in [0.4, 0.5) is 5.69 Å². The molecule has 0 N–H and O–H groups in total. The summed E-state index contributed by atoms with van der Waals surface area (Å²) in [5, 5.41) is 0. The summed E-state index contributed by atoms with van der Waals surface area (Å²) in [7, 11) is -1.20. The standard InChI is InChI=1S/C16H17N5OSi/c1-11-4-5-12(14(8-11)22-23(2)3)19-10-15-20-9-13-16(21-15)18-7-6-17-13/h4-10,23H,1-3H3/p+1. The van der Waals surface area contributed by atoms with Crippen LogP contribution in [-0.2, 0) is 0 Å². The van der Waals surface area contributed by atoms with Crippen molar-refractivity contribution in [3.63, 3.8) is 0 Å². The predicted molar refractivity (Wildman–Crippen MR) is 94.2 cm³/mol. The van der Waals surface area contributed by atoms with Crippen LogP contribution in [0.25, 0.3) is 11.2 Å². The van der Waals surface area contributed by atoms with Gasteiger partial charge in [0.15, 0.2) is 11.5 Å². The molecule has 0 unspecified atom stereocenters. The number of hydrogen-bond donors (Lipinski definition) is 0. The fourth-order valence-corrected chi connectivity index (χ4v) is 2.75. The lowest BCUT2D eigenvalue weighted by atomic mass is 10.2. The van der Waals surface area contributed by atoms with E-state index in [1.54, 1.807) is 24.8 Å². The SMILES string of the molecule is Cc1ccc(N=Cc2ncc3nccnc3n2)c(O[SiH](C)C)c1.[H+]. The minimum atomic E-state index is -1.20. The molecule has 0 radical (unpaired) electrons. The Morgan fingerprint density at radius 3 is 2.83 bits per heavy atom. The van der Waals surface area contributed by atoms with Crippen LogP contribution in [0.2, 0.25) is 13.1 Å². The number of aromatic nitrogens is 4. The molecule has 0 saturated carbocycles. The number of benzene rings is 1. The number of aryl methyl sites for hydroxylation is 1. The van der Waals surface area contributed by atoms with Gasteiger partial charge in [-0.25, -0.2) is 24.9 Å². The minimum Gasteiger partial charge on any atom is -0.546 e. The van der Waals surface area contributed by atoms with Crippen LogP contribution in [0.3, 0.4) is 0 Å². The lowest BCUT2D eigenvalue weighted by Crippen LogP contribution is -2.11. The largest absolute Gasteiger partial charge is 1.00 e. The number of nitrogens with zero attached hydrogens (tertiary/aromatic N) is 5. The summed E-state index contributed by atoms with van der Waals surface area (Å²) in [5.74, 6) is 1.30. The molecule has 1 aromatic carbocycles. The van der Waals surface area contributed by atoms with E-state index in [4.69, 9.17) is 4.43 Å². The lowest BCUT2D eigenvalue weighted by molar-refractivity contribution is 0.581. The van der Waals surface area contributed by atoms with Crippen LogP contribution in [0.15, 0.2) is 41.8 Å². The molecule has 116 valence electrons. The van der Waals surface area contributed by atoms with Gasteiger partial charge >= 0.3 is 1.43 Å². The summed E-state index contributed by atoms with van der Waals surface area (Å²) >= 11 is 0. The van der Waals surface area contributed by atoms with Crippen LogP contribution in [0.1, 0.15) is 12.8 Å². The Balaban J connectivity index is 0.00000208. The average molecular weight is 324 g/mol. The molecular weight excluding hydrogens is 306 g/mol. The van der Waals surface area contributed by atoms with Gasteiger partial charge in [0.05, 0.1) is 12.4 Å². The summed E-state index contributed by atoms with van der Waals surface area (Å²) in [6, 6.07) is 5.96. The summed E-state index contributed by atoms with van der Waals surface area (Å²) in [6.45, 7) is 6.29. The predicted octanol–water partition coefficient (Wildman–Crippen LogP) is 2.95. The molecule has 0 aliphatic heterocycles. The smallest absolute Gasteiger partial charge is 0.546 e. The fraction of sp³-hybridized carbons (Fsp3) is 0.188. The zero-order valence-electron chi connectivity index (χ0n) is 14.3. The Labute approximate surface area is 137 Å². The number of hydrogen-bond acceptors (Lipinski definition) is 6. The van der Waals surface area contributed by atoms with E-state index in [0.717, 1.165) is 17.0 Å². The minimum absolute atomic E-state index is 0. The average Bonchev–Trinajstić information content (AvgIpc) is 2.53. The lowest BCUT2D eigenvalue weighted by Gasteiger charge is -2.12. The van der Waals surface area contributed by atoms with Gasteiger partial charge in [0.2, 0.25) is 9.04 Å². The van der Waals surface area contributed by atoms with Crippen molar-refractivity contribution >= 4 is 32.1 Å². The van der Waals surface area contributed by atoms with Gasteiger partial charge in [0.25, 0.3) is 0 Å². The topological polar surface area (TPSA) is 73.2 Å². The normalized spacial score (nSPS) is 11.5. The number of rotatable bonds is 4. The molecular formula is C16H18N5OSi+. The first kappa shape index (κ1) is 15.2. The zero-order valence-corrected chi connectivity index (χ0v) is 14.4. The van der Waals surface area contributed by atoms with Crippen LogP contribution < -0.4 is 4.43 Å². The van der Waals surface area contributed by atoms with E-state index in [0.29, 0.717) is 17.0 Å². The van der Waals surface area contributed by atoms with Crippen molar-refractivity contribution in [2.45, 2.75) is 20.0 Å². The van der Waals surface area contributed by atoms with Crippen molar-refractivity contribution in [2.75, 3.05) is 0 Å². The first-order valence-corrected chi connectivity index (χ1v) is 10.1. The van der Waals surface area contributed by atoms with Crippen molar-refractivity contribution in [1.29, 1.82) is 0 Å². The monoisotopic (exact) mass is 324 g/mol. The van der Waals surface area contributed by atoms with Crippen molar-refractivity contribution in [3.8, 4) is 5.75 Å². The second-order valence-electron chi connectivity index (χ2n) is 5.39. The van der Waals surface area contributed by atoms with Crippen molar-refractivity contribution in [1.82, 2.24) is 19.9 Å². The van der Waals surface area contributed by atoms with Gasteiger partial charge in [-0.3, -0.25) is 0 Å². The fourth-order valence-electron chi connectivity index (χ4n) is 2.05. The van der Waals surface area contributed by atoms with E-state index < -0.39 is 9.04 Å². The molecule has 23 heavy (non-hydrogen) atoms. The van der Waals surface area contributed by atoms with Crippen LogP contribution in [-0.4, -0.2) is 35.2 Å². The Kier molecular flexibility index (Phi) is 4.38. The summed E-state index contributed by atoms with van der Waals surface area (Å²) in [4.78, 5) is 21.4. The molecule has 7 heteroatoms. The molecule has 3 aromatic rings. The molecule has 0 bridgehead atoms. The molecule has 0 saturated heterocycles. The second-order valence-corrected chi connectivity index (χ2v) is 7.72. The van der Waals surface area contributed by atoms with E-state index in [-0.39, 0.29) is 1.43 Å². The third-order valence-corrected chi connectivity index (χ3v) is 3.77. The Bertz CT molecular complexity index is 872. The van der Waals surface area contributed by atoms with Gasteiger partial charge in [0, 0.05) is 12.4 Å². The summed E-state index contributed by atoms with van der Waals surface area (Å²) in [6.07, 6.45) is 6.48. The van der Waals surface area contributed by atoms with E-state index in [2.05, 4.69) is 38.0 Å². The molecule has 2 aromatic heterocycles. The molecule has 0 aliphatic carbocycles. The molecule has 0 amide bonds. The van der Waals surface area contributed by atoms with Gasteiger partial charge < -0.3 is 4.43 Å². The first-order valence-electron chi connectivity index (χ1n) is 7.37. The quantitative estimate of drug-likeness (QED) is 0.545. The van der Waals surface area contributed by atoms with E-state index >= 15 is 0 Å². The molecule has 0 aliphatic rings. The van der Waals surface area contributed by atoms with Crippen LogP contribution >= 0.6 is 0 Å². The summed E-state index contributed by atoms with van der Waals surface area (Å²) in [5.41, 5.74) is 3.14. The highest BCUT2D eigenvalue weighted by Gasteiger charge is 2.06. The molecule has 6 nitrogen and oxygen atoms in total. The highest BCUT2D eigenvalue weighted by Crippen LogP contribution is 2.29. The van der Waals surface area contributed by atoms with Gasteiger partial charge in [-0.1, -0.05) is 6.07 Å². The van der Waals surface area contributed by atoms with Crippen molar-refractivity contribution in [3.05, 3.63) is 48.2 Å². The van der Waals surface area contributed by atoms with E-state index in [1.165, 1.54) is 0 Å². The molecule has 3 rings (SSSR count).